The largest absolute Gasteiger partial charge is 0.465 e. The molecular formula is C17H27NO3. The Hall–Kier alpha value is -1.39. The lowest BCUT2D eigenvalue weighted by Crippen LogP contribution is -2.43. The van der Waals surface area contributed by atoms with Crippen molar-refractivity contribution in [3.63, 3.8) is 0 Å². The topological polar surface area (TPSA) is 38.8 Å². The third-order valence-corrected chi connectivity index (χ3v) is 3.26. The number of hydrogen-bond acceptors (Lipinski definition) is 4. The van der Waals surface area contributed by atoms with Gasteiger partial charge in [-0.25, -0.2) is 0 Å². The van der Waals surface area contributed by atoms with E-state index in [4.69, 9.17) is 9.47 Å². The zero-order valence-electron chi connectivity index (χ0n) is 13.5. The molecule has 1 atom stereocenters. The lowest BCUT2D eigenvalue weighted by Gasteiger charge is -2.26. The predicted octanol–water partition coefficient (Wildman–Crippen LogP) is 2.52. The minimum Gasteiger partial charge on any atom is -0.465 e. The van der Waals surface area contributed by atoms with E-state index in [1.54, 1.807) is 0 Å². The fourth-order valence-electron chi connectivity index (χ4n) is 2.08. The Bertz CT molecular complexity index is 406. The summed E-state index contributed by atoms with van der Waals surface area (Å²) in [7, 11) is 1.94. The second-order valence-corrected chi connectivity index (χ2v) is 5.36. The van der Waals surface area contributed by atoms with Crippen LogP contribution in [-0.2, 0) is 20.7 Å². The average molecular weight is 293 g/mol. The van der Waals surface area contributed by atoms with Gasteiger partial charge in [0.1, 0.15) is 6.04 Å². The summed E-state index contributed by atoms with van der Waals surface area (Å²) in [6, 6.07) is 9.74. The van der Waals surface area contributed by atoms with Crippen LogP contribution in [0.4, 0.5) is 0 Å². The maximum Gasteiger partial charge on any atom is 0.323 e. The van der Waals surface area contributed by atoms with Crippen LogP contribution in [0.2, 0.25) is 0 Å². The highest BCUT2D eigenvalue weighted by atomic mass is 16.5. The van der Waals surface area contributed by atoms with Gasteiger partial charge in [0.2, 0.25) is 0 Å². The molecule has 0 heterocycles. The van der Waals surface area contributed by atoms with Gasteiger partial charge >= 0.3 is 5.97 Å². The molecule has 0 aliphatic heterocycles. The van der Waals surface area contributed by atoms with Gasteiger partial charge in [-0.1, -0.05) is 30.3 Å². The fraction of sp³-hybridized carbons (Fsp3) is 0.588. The van der Waals surface area contributed by atoms with E-state index in [2.05, 4.69) is 0 Å². The standard InChI is InChI=1S/C17H27NO3/c1-5-20-17(19)16(13-15-9-7-6-8-10-15)18(4)11-12-21-14(2)3/h6-10,14,16H,5,11-13H2,1-4H3. The Balaban J connectivity index is 2.65. The van der Waals surface area contributed by atoms with Crippen molar-refractivity contribution in [2.75, 3.05) is 26.8 Å². The maximum absolute atomic E-state index is 12.2. The number of rotatable bonds is 9. The van der Waals surface area contributed by atoms with Gasteiger partial charge in [0.25, 0.3) is 0 Å². The molecule has 4 heteroatoms. The van der Waals surface area contributed by atoms with Crippen LogP contribution in [0.25, 0.3) is 0 Å². The van der Waals surface area contributed by atoms with Gasteiger partial charge < -0.3 is 9.47 Å². The van der Waals surface area contributed by atoms with Crippen LogP contribution < -0.4 is 0 Å². The summed E-state index contributed by atoms with van der Waals surface area (Å²) in [4.78, 5) is 14.2. The molecular weight excluding hydrogens is 266 g/mol. The molecule has 1 aromatic rings. The molecule has 21 heavy (non-hydrogen) atoms. The van der Waals surface area contributed by atoms with Crippen molar-refractivity contribution in [2.24, 2.45) is 0 Å². The molecule has 0 aliphatic carbocycles. The van der Waals surface area contributed by atoms with Gasteiger partial charge in [-0.2, -0.15) is 0 Å². The van der Waals surface area contributed by atoms with Crippen LogP contribution in [0.1, 0.15) is 26.3 Å². The third kappa shape index (κ3) is 6.74. The summed E-state index contributed by atoms with van der Waals surface area (Å²) >= 11 is 0. The van der Waals surface area contributed by atoms with E-state index in [-0.39, 0.29) is 18.1 Å². The Morgan fingerprint density at radius 3 is 2.48 bits per heavy atom. The molecule has 118 valence electrons. The van der Waals surface area contributed by atoms with E-state index >= 15 is 0 Å². The highest BCUT2D eigenvalue weighted by molar-refractivity contribution is 5.76. The van der Waals surface area contributed by atoms with Crippen LogP contribution >= 0.6 is 0 Å². The summed E-state index contributed by atoms with van der Waals surface area (Å²) in [5.74, 6) is -0.173. The van der Waals surface area contributed by atoms with E-state index < -0.39 is 0 Å². The summed E-state index contributed by atoms with van der Waals surface area (Å²) in [5.41, 5.74) is 1.13. The van der Waals surface area contributed by atoms with E-state index in [0.29, 0.717) is 26.2 Å². The molecule has 1 unspecified atom stereocenters. The number of hydrogen-bond donors (Lipinski definition) is 0. The molecule has 0 saturated carbocycles. The first-order chi connectivity index (χ1) is 10.0. The number of carbonyl (C=O) groups excluding carboxylic acids is 1. The normalized spacial score (nSPS) is 12.7. The van der Waals surface area contributed by atoms with Gasteiger partial charge in [-0.15, -0.1) is 0 Å². The zero-order valence-corrected chi connectivity index (χ0v) is 13.5. The van der Waals surface area contributed by atoms with E-state index in [1.165, 1.54) is 0 Å². The minimum absolute atomic E-state index is 0.173. The van der Waals surface area contributed by atoms with Gasteiger partial charge in [0.05, 0.1) is 19.3 Å². The van der Waals surface area contributed by atoms with Crippen molar-refractivity contribution >= 4 is 5.97 Å². The molecule has 1 aromatic carbocycles. The molecule has 0 amide bonds. The van der Waals surface area contributed by atoms with Crippen LogP contribution in [0.5, 0.6) is 0 Å². The zero-order chi connectivity index (χ0) is 15.7. The molecule has 0 spiro atoms. The first kappa shape index (κ1) is 17.7. The summed E-state index contributed by atoms with van der Waals surface area (Å²) < 4.78 is 10.8. The highest BCUT2D eigenvalue weighted by Crippen LogP contribution is 2.10. The van der Waals surface area contributed by atoms with Crippen LogP contribution in [0, 0.1) is 0 Å². The van der Waals surface area contributed by atoms with Crippen molar-refractivity contribution in [1.82, 2.24) is 4.90 Å². The highest BCUT2D eigenvalue weighted by Gasteiger charge is 2.24. The van der Waals surface area contributed by atoms with Crippen molar-refractivity contribution in [1.29, 1.82) is 0 Å². The Morgan fingerprint density at radius 2 is 1.90 bits per heavy atom. The van der Waals surface area contributed by atoms with Gasteiger partial charge in [-0.05, 0) is 39.8 Å². The number of likely N-dealkylation sites (N-methyl/N-ethyl adjacent to an activating group) is 1. The molecule has 0 radical (unpaired) electrons. The van der Waals surface area contributed by atoms with Gasteiger partial charge in [0.15, 0.2) is 0 Å². The summed E-state index contributed by atoms with van der Waals surface area (Å²) in [6.45, 7) is 7.56. The number of esters is 1. The molecule has 0 bridgehead atoms. The monoisotopic (exact) mass is 293 g/mol. The Labute approximate surface area is 128 Å². The van der Waals surface area contributed by atoms with E-state index in [9.17, 15) is 4.79 Å². The van der Waals surface area contributed by atoms with Crippen molar-refractivity contribution in [2.45, 2.75) is 39.3 Å². The van der Waals surface area contributed by atoms with Gasteiger partial charge in [0, 0.05) is 6.54 Å². The number of carbonyl (C=O) groups is 1. The number of ether oxygens (including phenoxy) is 2. The minimum atomic E-state index is -0.275. The molecule has 0 aliphatic rings. The van der Waals surface area contributed by atoms with E-state index in [0.717, 1.165) is 5.56 Å². The lowest BCUT2D eigenvalue weighted by atomic mass is 10.1. The fourth-order valence-corrected chi connectivity index (χ4v) is 2.08. The first-order valence-corrected chi connectivity index (χ1v) is 7.57. The SMILES string of the molecule is CCOC(=O)C(Cc1ccccc1)N(C)CCOC(C)C. The quantitative estimate of drug-likeness (QED) is 0.656. The molecule has 0 fully saturated rings. The predicted molar refractivity (Wildman–Crippen MR) is 84.3 cm³/mol. The number of nitrogens with zero attached hydrogens (tertiary/aromatic N) is 1. The summed E-state index contributed by atoms with van der Waals surface area (Å²) in [5, 5.41) is 0. The van der Waals surface area contributed by atoms with Crippen molar-refractivity contribution in [3.05, 3.63) is 35.9 Å². The molecule has 0 saturated heterocycles. The van der Waals surface area contributed by atoms with Crippen LogP contribution in [0.15, 0.2) is 30.3 Å². The second-order valence-electron chi connectivity index (χ2n) is 5.36. The molecule has 4 nitrogen and oxygen atoms in total. The van der Waals surface area contributed by atoms with E-state index in [1.807, 2.05) is 63.1 Å². The Kier molecular flexibility index (Phi) is 8.01. The summed E-state index contributed by atoms with van der Waals surface area (Å²) in [6.07, 6.45) is 0.853. The third-order valence-electron chi connectivity index (χ3n) is 3.26. The number of benzene rings is 1. The van der Waals surface area contributed by atoms with Gasteiger partial charge in [-0.3, -0.25) is 9.69 Å². The molecule has 0 aromatic heterocycles. The molecule has 0 N–H and O–H groups in total. The first-order valence-electron chi connectivity index (χ1n) is 7.57. The van der Waals surface area contributed by atoms with Crippen LogP contribution in [-0.4, -0.2) is 49.8 Å². The molecule has 1 rings (SSSR count). The second kappa shape index (κ2) is 9.53. The van der Waals surface area contributed by atoms with Crippen molar-refractivity contribution < 1.29 is 14.3 Å². The van der Waals surface area contributed by atoms with Crippen molar-refractivity contribution in [3.8, 4) is 0 Å². The Morgan fingerprint density at radius 1 is 1.24 bits per heavy atom. The average Bonchev–Trinajstić information content (AvgIpc) is 2.45. The maximum atomic E-state index is 12.2. The lowest BCUT2D eigenvalue weighted by molar-refractivity contribution is -0.149. The smallest absolute Gasteiger partial charge is 0.323 e. The van der Waals surface area contributed by atoms with Crippen LogP contribution in [0.3, 0.4) is 0 Å².